The van der Waals surface area contributed by atoms with Crippen molar-refractivity contribution in [2.24, 2.45) is 5.92 Å². The molecule has 8 heteroatoms. The number of aromatic nitrogens is 2. The van der Waals surface area contributed by atoms with Crippen molar-refractivity contribution in [3.05, 3.63) is 47.5 Å². The lowest BCUT2D eigenvalue weighted by atomic mass is 9.85. The molecule has 1 saturated carbocycles. The van der Waals surface area contributed by atoms with Gasteiger partial charge in [-0.3, -0.25) is 9.69 Å². The molecule has 2 N–H and O–H groups in total. The Morgan fingerprint density at radius 3 is 2.74 bits per heavy atom. The number of methoxy groups -OCH3 is 1. The Bertz CT molecular complexity index is 1280. The van der Waals surface area contributed by atoms with Crippen LogP contribution < -0.4 is 10.2 Å². The van der Waals surface area contributed by atoms with E-state index in [-0.39, 0.29) is 24.1 Å². The van der Waals surface area contributed by atoms with Gasteiger partial charge in [-0.25, -0.2) is 9.78 Å². The van der Waals surface area contributed by atoms with Gasteiger partial charge < -0.3 is 19.7 Å². The maximum atomic E-state index is 12.6. The van der Waals surface area contributed by atoms with Crippen molar-refractivity contribution >= 4 is 40.4 Å². The van der Waals surface area contributed by atoms with Gasteiger partial charge in [0.05, 0.1) is 29.7 Å². The summed E-state index contributed by atoms with van der Waals surface area (Å²) >= 11 is 0. The molecule has 5 rings (SSSR count). The average Bonchev–Trinajstić information content (AvgIpc) is 3.21. The number of aryl methyl sites for hydroxylation is 2. The van der Waals surface area contributed by atoms with Crippen LogP contribution in [0.25, 0.3) is 11.0 Å². The van der Waals surface area contributed by atoms with E-state index in [2.05, 4.69) is 16.0 Å². The quantitative estimate of drug-likeness (QED) is 0.493. The van der Waals surface area contributed by atoms with Crippen LogP contribution in [0.2, 0.25) is 0 Å². The van der Waals surface area contributed by atoms with Crippen LogP contribution >= 0.6 is 0 Å². The Balaban J connectivity index is 1.66. The fourth-order valence-electron chi connectivity index (χ4n) is 5.71. The van der Waals surface area contributed by atoms with Crippen molar-refractivity contribution in [3.8, 4) is 0 Å². The van der Waals surface area contributed by atoms with Gasteiger partial charge in [-0.05, 0) is 75.8 Å². The number of hydrogen-bond donors (Lipinski definition) is 2. The molecule has 3 aromatic rings. The maximum absolute atomic E-state index is 12.6. The molecule has 0 saturated heterocycles. The number of imidazole rings is 1. The first kappa shape index (κ1) is 23.2. The van der Waals surface area contributed by atoms with Crippen LogP contribution in [0.15, 0.2) is 36.4 Å². The number of anilines is 3. The highest BCUT2D eigenvalue weighted by Gasteiger charge is 2.34. The zero-order valence-electron chi connectivity index (χ0n) is 20.5. The second-order valence-corrected chi connectivity index (χ2v) is 9.81. The predicted octanol–water partition coefficient (Wildman–Crippen LogP) is 5.81. The number of amides is 1. The van der Waals surface area contributed by atoms with Gasteiger partial charge in [0, 0.05) is 23.3 Å². The van der Waals surface area contributed by atoms with Gasteiger partial charge in [-0.15, -0.1) is 0 Å². The Morgan fingerprint density at radius 1 is 1.17 bits per heavy atom. The lowest BCUT2D eigenvalue weighted by Crippen LogP contribution is -2.42. The highest BCUT2D eigenvalue weighted by atomic mass is 16.5. The summed E-state index contributed by atoms with van der Waals surface area (Å²) in [4.78, 5) is 31.2. The van der Waals surface area contributed by atoms with Gasteiger partial charge in [0.25, 0.3) is 0 Å². The molecule has 0 unspecified atom stereocenters. The van der Waals surface area contributed by atoms with E-state index >= 15 is 0 Å². The van der Waals surface area contributed by atoms with E-state index in [1.807, 2.05) is 44.2 Å². The summed E-state index contributed by atoms with van der Waals surface area (Å²) in [5.74, 6) is -0.378. The smallest absolute Gasteiger partial charge is 0.414 e. The molecule has 2 aliphatic rings. The number of rotatable bonds is 4. The topological polar surface area (TPSA) is 96.7 Å². The number of nitrogens with one attached hydrogen (secondary N) is 1. The molecule has 1 aliphatic heterocycles. The summed E-state index contributed by atoms with van der Waals surface area (Å²) in [5, 5.41) is 13.2. The molecule has 1 fully saturated rings. The Kier molecular flexibility index (Phi) is 6.13. The van der Waals surface area contributed by atoms with E-state index in [9.17, 15) is 14.7 Å². The average molecular weight is 477 g/mol. The maximum Gasteiger partial charge on any atom is 0.414 e. The van der Waals surface area contributed by atoms with E-state index < -0.39 is 5.97 Å². The third-order valence-corrected chi connectivity index (χ3v) is 7.46. The van der Waals surface area contributed by atoms with Gasteiger partial charge in [0.15, 0.2) is 0 Å². The van der Waals surface area contributed by atoms with Crippen molar-refractivity contribution in [1.82, 2.24) is 9.55 Å². The number of aliphatic carboxylic acids is 1. The first-order valence-electron chi connectivity index (χ1n) is 12.3. The molecule has 1 aromatic heterocycles. The molecular weight excluding hydrogens is 444 g/mol. The molecule has 0 spiro atoms. The zero-order valence-corrected chi connectivity index (χ0v) is 20.5. The molecule has 3 atom stereocenters. The number of hydrogen-bond acceptors (Lipinski definition) is 5. The highest BCUT2D eigenvalue weighted by Crippen LogP contribution is 2.42. The zero-order chi connectivity index (χ0) is 24.7. The number of benzene rings is 2. The van der Waals surface area contributed by atoms with E-state index in [0.29, 0.717) is 18.8 Å². The number of carboxylic acids is 1. The number of carboxylic acid groups (broad SMARTS) is 1. The van der Waals surface area contributed by atoms with Crippen molar-refractivity contribution in [2.75, 3.05) is 17.3 Å². The van der Waals surface area contributed by atoms with Crippen LogP contribution in [-0.4, -0.2) is 39.9 Å². The number of carbonyl (C=O) groups is 2. The predicted molar refractivity (Wildman–Crippen MR) is 135 cm³/mol. The molecule has 0 bridgehead atoms. The largest absolute Gasteiger partial charge is 0.481 e. The Labute approximate surface area is 204 Å². The van der Waals surface area contributed by atoms with E-state index in [1.165, 1.54) is 7.11 Å². The normalized spacial score (nSPS) is 22.0. The summed E-state index contributed by atoms with van der Waals surface area (Å²) < 4.78 is 7.26. The molecule has 1 aliphatic carbocycles. The monoisotopic (exact) mass is 476 g/mol. The van der Waals surface area contributed by atoms with E-state index in [4.69, 9.17) is 9.72 Å². The third-order valence-electron chi connectivity index (χ3n) is 7.46. The van der Waals surface area contributed by atoms with E-state index in [1.54, 1.807) is 4.90 Å². The summed E-state index contributed by atoms with van der Waals surface area (Å²) in [6.07, 6.45) is 4.31. The van der Waals surface area contributed by atoms with Crippen LogP contribution in [0.1, 0.15) is 56.2 Å². The van der Waals surface area contributed by atoms with Crippen LogP contribution in [0, 0.1) is 12.8 Å². The molecule has 184 valence electrons. The third kappa shape index (κ3) is 4.22. The summed E-state index contributed by atoms with van der Waals surface area (Å²) in [6.45, 7) is 4.08. The minimum absolute atomic E-state index is 0.0273. The Hall–Kier alpha value is -3.55. The standard InChI is InChI=1S/C27H32N4O4/c1-16-6-4-8-19(14-16)28-26-29-24-21-11-10-17(2)30(27(34)35-3)22(21)12-13-23(24)31(26)20-9-5-7-18(15-20)25(32)33/h4,6,8,12-14,17-18,20H,5,7,9-11,15H2,1-3H3,(H,28,29)(H,32,33)/t17-,18+,20+/m0/s1. The van der Waals surface area contributed by atoms with Gasteiger partial charge in [0.1, 0.15) is 0 Å². The lowest BCUT2D eigenvalue weighted by Gasteiger charge is -2.34. The van der Waals surface area contributed by atoms with Crippen molar-refractivity contribution in [3.63, 3.8) is 0 Å². The summed E-state index contributed by atoms with van der Waals surface area (Å²) in [6, 6.07) is 12.2. The van der Waals surface area contributed by atoms with Gasteiger partial charge in [-0.1, -0.05) is 18.6 Å². The highest BCUT2D eigenvalue weighted by molar-refractivity contribution is 5.96. The fraction of sp³-hybridized carbons (Fsp3) is 0.444. The van der Waals surface area contributed by atoms with Gasteiger partial charge >= 0.3 is 12.1 Å². The first-order chi connectivity index (χ1) is 16.9. The van der Waals surface area contributed by atoms with Crippen molar-refractivity contribution < 1.29 is 19.4 Å². The van der Waals surface area contributed by atoms with E-state index in [0.717, 1.165) is 59.2 Å². The van der Waals surface area contributed by atoms with Crippen LogP contribution in [-0.2, 0) is 16.0 Å². The molecular formula is C27H32N4O4. The van der Waals surface area contributed by atoms with Gasteiger partial charge in [0.2, 0.25) is 5.95 Å². The second-order valence-electron chi connectivity index (χ2n) is 9.81. The molecule has 0 radical (unpaired) electrons. The number of ether oxygens (including phenoxy) is 1. The first-order valence-corrected chi connectivity index (χ1v) is 12.3. The van der Waals surface area contributed by atoms with Crippen molar-refractivity contribution in [1.29, 1.82) is 0 Å². The van der Waals surface area contributed by atoms with Crippen LogP contribution in [0.4, 0.5) is 22.1 Å². The molecule has 1 amide bonds. The number of carbonyl (C=O) groups excluding carboxylic acids is 1. The Morgan fingerprint density at radius 2 is 2.00 bits per heavy atom. The minimum Gasteiger partial charge on any atom is -0.481 e. The molecule has 35 heavy (non-hydrogen) atoms. The van der Waals surface area contributed by atoms with Gasteiger partial charge in [-0.2, -0.15) is 0 Å². The molecule has 2 heterocycles. The lowest BCUT2D eigenvalue weighted by molar-refractivity contribution is -0.143. The molecule has 2 aromatic carbocycles. The van der Waals surface area contributed by atoms with Crippen LogP contribution in [0.3, 0.4) is 0 Å². The SMILES string of the molecule is COC(=O)N1c2ccc3c(nc(Nc4cccc(C)c4)n3[C@@H]3CCC[C@@H](C(=O)O)C3)c2CC[C@@H]1C. The van der Waals surface area contributed by atoms with Crippen LogP contribution in [0.5, 0.6) is 0 Å². The summed E-state index contributed by atoms with van der Waals surface area (Å²) in [7, 11) is 1.41. The number of nitrogens with zero attached hydrogens (tertiary/aromatic N) is 3. The minimum atomic E-state index is -0.729. The second kappa shape index (κ2) is 9.24. The fourth-order valence-corrected chi connectivity index (χ4v) is 5.71. The molecule has 8 nitrogen and oxygen atoms in total. The van der Waals surface area contributed by atoms with Crippen molar-refractivity contribution in [2.45, 2.75) is 64.5 Å². The summed E-state index contributed by atoms with van der Waals surface area (Å²) in [5.41, 5.74) is 5.77. The number of fused-ring (bicyclic) bond motifs is 3.